The maximum absolute atomic E-state index is 12.2. The summed E-state index contributed by atoms with van der Waals surface area (Å²) >= 11 is 7.94. The lowest BCUT2D eigenvalue weighted by atomic mass is 9.88. The monoisotopic (exact) mass is 546 g/mol. The molecular formula is C28H35ClN2O5S. The van der Waals surface area contributed by atoms with E-state index in [0.29, 0.717) is 29.5 Å². The van der Waals surface area contributed by atoms with Crippen LogP contribution in [-0.2, 0) is 29.2 Å². The van der Waals surface area contributed by atoms with Crippen LogP contribution in [0, 0.1) is 15.5 Å². The lowest BCUT2D eigenvalue weighted by molar-refractivity contribution is -0.763. The number of carboxylic acids is 1. The second-order valence-corrected chi connectivity index (χ2v) is 13.6. The van der Waals surface area contributed by atoms with Gasteiger partial charge in [0.15, 0.2) is 0 Å². The number of thioether (sulfide) groups is 1. The van der Waals surface area contributed by atoms with Gasteiger partial charge in [0, 0.05) is 44.2 Å². The molecule has 0 bridgehead atoms. The highest BCUT2D eigenvalue weighted by Crippen LogP contribution is 2.44. The van der Waals surface area contributed by atoms with Gasteiger partial charge < -0.3 is 14.5 Å². The quantitative estimate of drug-likeness (QED) is 0.159. The molecule has 0 atom stereocenters. The number of nitrogens with zero attached hydrogens (tertiary/aromatic N) is 2. The summed E-state index contributed by atoms with van der Waals surface area (Å²) in [7, 11) is 0. The van der Waals surface area contributed by atoms with Crippen LogP contribution in [0.5, 0.6) is 0 Å². The van der Waals surface area contributed by atoms with Crippen LogP contribution in [0.15, 0.2) is 41.3 Å². The first-order chi connectivity index (χ1) is 17.1. The molecule has 0 saturated heterocycles. The molecule has 1 heterocycles. The molecule has 1 N–H and O–H groups in total. The van der Waals surface area contributed by atoms with Gasteiger partial charge in [-0.2, -0.15) is 0 Å². The average Bonchev–Trinajstić information content (AvgIpc) is 3.03. The van der Waals surface area contributed by atoms with Crippen molar-refractivity contribution in [1.29, 1.82) is 0 Å². The van der Waals surface area contributed by atoms with Crippen molar-refractivity contribution in [3.63, 3.8) is 0 Å². The number of benzene rings is 2. The summed E-state index contributed by atoms with van der Waals surface area (Å²) in [6.45, 7) is 14.4. The molecule has 3 aromatic rings. The molecule has 0 radical (unpaired) electrons. The second-order valence-electron chi connectivity index (χ2n) is 11.3. The molecule has 2 aromatic carbocycles. The summed E-state index contributed by atoms with van der Waals surface area (Å²) in [5.41, 5.74) is 3.55. The van der Waals surface area contributed by atoms with Gasteiger partial charge in [0.05, 0.1) is 5.41 Å². The van der Waals surface area contributed by atoms with Crippen LogP contribution < -0.4 is 0 Å². The summed E-state index contributed by atoms with van der Waals surface area (Å²) in [6, 6.07) is 11.7. The molecule has 0 amide bonds. The van der Waals surface area contributed by atoms with Crippen LogP contribution in [0.4, 0.5) is 0 Å². The Morgan fingerprint density at radius 1 is 1.14 bits per heavy atom. The smallest absolute Gasteiger partial charge is 0.309 e. The Labute approximate surface area is 227 Å². The standard InChI is InChI=1S/C28H35ClN2O5S/c1-17(2)18-9-11-23-22(13-18)25(37-27(3,4)5)24(14-28(6,7)26(32)33)30(23)15-19-8-10-21(29)12-20(19)16-36-31(34)35/h8-13,17H,14-16H2,1-7H3,(H,32,33). The molecule has 9 heteroatoms. The minimum absolute atomic E-state index is 0.111. The van der Waals surface area contributed by atoms with E-state index >= 15 is 0 Å². The summed E-state index contributed by atoms with van der Waals surface area (Å²) in [5.74, 6) is -0.535. The lowest BCUT2D eigenvalue weighted by Crippen LogP contribution is -2.28. The molecule has 0 unspecified atom stereocenters. The van der Waals surface area contributed by atoms with Gasteiger partial charge in [-0.15, -0.1) is 21.9 Å². The van der Waals surface area contributed by atoms with Crippen LogP contribution in [0.2, 0.25) is 5.02 Å². The first-order valence-electron chi connectivity index (χ1n) is 12.2. The van der Waals surface area contributed by atoms with Crippen LogP contribution >= 0.6 is 23.4 Å². The van der Waals surface area contributed by atoms with Gasteiger partial charge in [-0.05, 0) is 60.7 Å². The van der Waals surface area contributed by atoms with Crippen LogP contribution in [0.1, 0.15) is 76.8 Å². The van der Waals surface area contributed by atoms with Crippen molar-refractivity contribution < 1.29 is 19.8 Å². The highest BCUT2D eigenvalue weighted by Gasteiger charge is 2.33. The molecular weight excluding hydrogens is 512 g/mol. The molecule has 200 valence electrons. The largest absolute Gasteiger partial charge is 0.481 e. The Hall–Kier alpha value is -2.71. The highest BCUT2D eigenvalue weighted by molar-refractivity contribution is 8.00. The summed E-state index contributed by atoms with van der Waals surface area (Å²) in [4.78, 5) is 28.8. The number of hydrogen-bond donors (Lipinski definition) is 1. The molecule has 7 nitrogen and oxygen atoms in total. The first kappa shape index (κ1) is 28.9. The zero-order valence-corrected chi connectivity index (χ0v) is 24.0. The Morgan fingerprint density at radius 2 is 1.81 bits per heavy atom. The van der Waals surface area contributed by atoms with Crippen molar-refractivity contribution in [1.82, 2.24) is 4.57 Å². The lowest BCUT2D eigenvalue weighted by Gasteiger charge is -2.24. The molecule has 0 spiro atoms. The third-order valence-electron chi connectivity index (χ3n) is 6.23. The van der Waals surface area contributed by atoms with Crippen LogP contribution in [-0.4, -0.2) is 25.5 Å². The maximum atomic E-state index is 12.2. The van der Waals surface area contributed by atoms with E-state index in [9.17, 15) is 20.0 Å². The number of fused-ring (bicyclic) bond motifs is 1. The highest BCUT2D eigenvalue weighted by atomic mass is 35.5. The Kier molecular flexibility index (Phi) is 8.54. The van der Waals surface area contributed by atoms with E-state index in [0.717, 1.165) is 27.1 Å². The average molecular weight is 547 g/mol. The van der Waals surface area contributed by atoms with Crippen LogP contribution in [0.25, 0.3) is 10.9 Å². The number of carbonyl (C=O) groups is 1. The SMILES string of the molecule is CC(C)c1ccc2c(c1)c(SC(C)(C)C)c(CC(C)(C)C(=O)O)n2Cc1ccc(Cl)cc1CO[N+](=O)[O-]. The molecule has 0 aliphatic heterocycles. The van der Waals surface area contributed by atoms with E-state index in [4.69, 9.17) is 11.6 Å². The third-order valence-corrected chi connectivity index (χ3v) is 7.74. The minimum atomic E-state index is -1.00. The van der Waals surface area contributed by atoms with E-state index in [2.05, 4.69) is 62.2 Å². The van der Waals surface area contributed by atoms with Gasteiger partial charge in [0.1, 0.15) is 6.61 Å². The minimum Gasteiger partial charge on any atom is -0.481 e. The zero-order chi connectivity index (χ0) is 27.7. The fourth-order valence-corrected chi connectivity index (χ4v) is 5.58. The maximum Gasteiger partial charge on any atom is 0.309 e. The van der Waals surface area contributed by atoms with Gasteiger partial charge in [-0.1, -0.05) is 58.4 Å². The predicted octanol–water partition coefficient (Wildman–Crippen LogP) is 7.72. The first-order valence-corrected chi connectivity index (χ1v) is 13.4. The molecule has 37 heavy (non-hydrogen) atoms. The molecule has 1 aromatic heterocycles. The van der Waals surface area contributed by atoms with Crippen molar-refractivity contribution >= 4 is 40.2 Å². The zero-order valence-electron chi connectivity index (χ0n) is 22.4. The fraction of sp³-hybridized carbons (Fsp3) is 0.464. The Morgan fingerprint density at radius 3 is 2.38 bits per heavy atom. The predicted molar refractivity (Wildman–Crippen MR) is 149 cm³/mol. The number of halogens is 1. The van der Waals surface area contributed by atoms with E-state index in [-0.39, 0.29) is 11.4 Å². The summed E-state index contributed by atoms with van der Waals surface area (Å²) < 4.78 is 2.04. The summed E-state index contributed by atoms with van der Waals surface area (Å²) in [6.07, 6.45) is 0.320. The molecule has 0 fully saturated rings. The van der Waals surface area contributed by atoms with Crippen molar-refractivity contribution in [2.24, 2.45) is 5.41 Å². The fourth-order valence-electron chi connectivity index (χ4n) is 4.20. The summed E-state index contributed by atoms with van der Waals surface area (Å²) in [5, 5.41) is 21.6. The molecule has 0 saturated carbocycles. The van der Waals surface area contributed by atoms with Gasteiger partial charge >= 0.3 is 5.97 Å². The van der Waals surface area contributed by atoms with Crippen LogP contribution in [0.3, 0.4) is 0 Å². The third kappa shape index (κ3) is 6.99. The second kappa shape index (κ2) is 11.0. The van der Waals surface area contributed by atoms with E-state index < -0.39 is 16.5 Å². The van der Waals surface area contributed by atoms with Crippen molar-refractivity contribution in [2.75, 3.05) is 0 Å². The van der Waals surface area contributed by atoms with Gasteiger partial charge in [-0.25, -0.2) is 0 Å². The number of aliphatic carboxylic acids is 1. The van der Waals surface area contributed by atoms with E-state index in [1.807, 2.05) is 6.07 Å². The van der Waals surface area contributed by atoms with Gasteiger partial charge in [-0.3, -0.25) is 4.79 Å². The topological polar surface area (TPSA) is 94.6 Å². The van der Waals surface area contributed by atoms with Gasteiger partial charge in [0.2, 0.25) is 0 Å². The molecule has 3 rings (SSSR count). The number of carboxylic acid groups (broad SMARTS) is 1. The number of rotatable bonds is 10. The van der Waals surface area contributed by atoms with E-state index in [1.54, 1.807) is 37.7 Å². The van der Waals surface area contributed by atoms with Gasteiger partial charge in [0.25, 0.3) is 5.09 Å². The van der Waals surface area contributed by atoms with Crippen molar-refractivity contribution in [3.05, 3.63) is 73.9 Å². The normalized spacial score (nSPS) is 12.4. The number of hydrogen-bond acceptors (Lipinski definition) is 5. The molecule has 0 aliphatic carbocycles. The molecule has 0 aliphatic rings. The van der Waals surface area contributed by atoms with Crippen molar-refractivity contribution in [3.8, 4) is 0 Å². The Bertz CT molecular complexity index is 1320. The Balaban J connectivity index is 2.30. The number of aromatic nitrogens is 1. The van der Waals surface area contributed by atoms with E-state index in [1.165, 1.54) is 5.56 Å². The van der Waals surface area contributed by atoms with Crippen molar-refractivity contribution in [2.45, 2.75) is 83.6 Å².